The summed E-state index contributed by atoms with van der Waals surface area (Å²) in [5, 5.41) is 0. The van der Waals surface area contributed by atoms with Gasteiger partial charge in [0.25, 0.3) is 5.92 Å². The molecule has 0 bridgehead atoms. The molecule has 0 aliphatic heterocycles. The molecule has 0 radical (unpaired) electrons. The number of benzene rings is 1. The SMILES string of the molecule is CCc1cc(OCC(C)(F)F)cc(CC)c1C1=C(OC(=O)C(C)(C)C)C2CCCCCC2CCC1=O. The molecule has 1 saturated carbocycles. The van der Waals surface area contributed by atoms with Crippen molar-refractivity contribution in [2.75, 3.05) is 6.61 Å². The lowest BCUT2D eigenvalue weighted by Gasteiger charge is -2.29. The summed E-state index contributed by atoms with van der Waals surface area (Å²) in [5.74, 6) is -2.06. The monoisotopic (exact) mass is 504 g/mol. The fraction of sp³-hybridized carbons (Fsp3) is 0.667. The molecular weight excluding hydrogens is 462 g/mol. The average Bonchev–Trinajstić information content (AvgIpc) is 3.10. The Balaban J connectivity index is 2.24. The molecule has 2 atom stereocenters. The first-order valence-corrected chi connectivity index (χ1v) is 13.5. The second-order valence-corrected chi connectivity index (χ2v) is 11.5. The maximum atomic E-state index is 13.8. The van der Waals surface area contributed by atoms with Crippen LogP contribution in [0.4, 0.5) is 8.78 Å². The highest BCUT2D eigenvalue weighted by molar-refractivity contribution is 6.22. The fourth-order valence-corrected chi connectivity index (χ4v) is 5.39. The molecule has 2 aliphatic carbocycles. The van der Waals surface area contributed by atoms with E-state index < -0.39 is 17.9 Å². The quantitative estimate of drug-likeness (QED) is 0.357. The van der Waals surface area contributed by atoms with Crippen LogP contribution in [0.5, 0.6) is 5.75 Å². The molecule has 0 N–H and O–H groups in total. The zero-order valence-corrected chi connectivity index (χ0v) is 22.8. The number of esters is 1. The Kier molecular flexibility index (Phi) is 9.00. The number of hydrogen-bond donors (Lipinski definition) is 0. The minimum atomic E-state index is -2.94. The summed E-state index contributed by atoms with van der Waals surface area (Å²) in [5.41, 5.74) is 2.30. The Morgan fingerprint density at radius 2 is 1.58 bits per heavy atom. The van der Waals surface area contributed by atoms with Crippen LogP contribution in [0.25, 0.3) is 5.57 Å². The largest absolute Gasteiger partial charge is 0.487 e. The second kappa shape index (κ2) is 11.4. The van der Waals surface area contributed by atoms with E-state index in [0.29, 0.717) is 42.3 Å². The maximum absolute atomic E-state index is 13.8. The van der Waals surface area contributed by atoms with Gasteiger partial charge in [-0.05, 0) is 87.6 Å². The Bertz CT molecular complexity index is 972. The van der Waals surface area contributed by atoms with Crippen LogP contribution in [0.15, 0.2) is 17.9 Å². The van der Waals surface area contributed by atoms with Crippen molar-refractivity contribution < 1.29 is 27.8 Å². The van der Waals surface area contributed by atoms with Gasteiger partial charge in [-0.3, -0.25) is 9.59 Å². The van der Waals surface area contributed by atoms with Crippen LogP contribution in [-0.4, -0.2) is 24.3 Å². The van der Waals surface area contributed by atoms with E-state index in [4.69, 9.17) is 9.47 Å². The zero-order valence-electron chi connectivity index (χ0n) is 22.8. The lowest BCUT2D eigenvalue weighted by molar-refractivity contribution is -0.149. The van der Waals surface area contributed by atoms with E-state index in [0.717, 1.165) is 62.1 Å². The predicted molar refractivity (Wildman–Crippen MR) is 138 cm³/mol. The summed E-state index contributed by atoms with van der Waals surface area (Å²) in [4.78, 5) is 27.0. The number of aryl methyl sites for hydroxylation is 2. The third kappa shape index (κ3) is 6.74. The summed E-state index contributed by atoms with van der Waals surface area (Å²) in [6, 6.07) is 3.53. The van der Waals surface area contributed by atoms with Crippen molar-refractivity contribution in [1.29, 1.82) is 0 Å². The van der Waals surface area contributed by atoms with Crippen molar-refractivity contribution >= 4 is 17.3 Å². The lowest BCUT2D eigenvalue weighted by atomic mass is 9.82. The van der Waals surface area contributed by atoms with Crippen LogP contribution in [0, 0.1) is 17.3 Å². The number of allylic oxidation sites excluding steroid dienone is 2. The number of rotatable bonds is 7. The Labute approximate surface area is 214 Å². The summed E-state index contributed by atoms with van der Waals surface area (Å²) in [7, 11) is 0. The molecule has 6 heteroatoms. The first-order chi connectivity index (χ1) is 16.9. The molecular formula is C30H42F2O4. The van der Waals surface area contributed by atoms with Gasteiger partial charge in [0.05, 0.1) is 11.0 Å². The molecule has 0 saturated heterocycles. The number of fused-ring (bicyclic) bond motifs is 1. The molecule has 0 spiro atoms. The van der Waals surface area contributed by atoms with Crippen LogP contribution in [-0.2, 0) is 27.2 Å². The van der Waals surface area contributed by atoms with Crippen LogP contribution >= 0.6 is 0 Å². The summed E-state index contributed by atoms with van der Waals surface area (Å²) >= 11 is 0. The molecule has 1 aromatic carbocycles. The van der Waals surface area contributed by atoms with Crippen LogP contribution in [0.2, 0.25) is 0 Å². The topological polar surface area (TPSA) is 52.6 Å². The van der Waals surface area contributed by atoms with E-state index >= 15 is 0 Å². The standard InChI is InChI=1S/C30H42F2O4/c1-7-19-16-22(35-18-30(6,31)32)17-20(8-2)25(19)26-24(33)15-14-21-12-10-9-11-13-23(21)27(26)36-28(34)29(3,4)5/h16-17,21,23H,7-15,18H2,1-6H3. The normalized spacial score (nSPS) is 21.5. The van der Waals surface area contributed by atoms with Crippen LogP contribution in [0.1, 0.15) is 103 Å². The van der Waals surface area contributed by atoms with Gasteiger partial charge in [-0.2, -0.15) is 0 Å². The molecule has 1 aromatic rings. The second-order valence-electron chi connectivity index (χ2n) is 11.5. The molecule has 3 rings (SSSR count). The first kappa shape index (κ1) is 28.3. The van der Waals surface area contributed by atoms with Gasteiger partial charge in [0, 0.05) is 19.3 Å². The highest BCUT2D eigenvalue weighted by Gasteiger charge is 2.39. The van der Waals surface area contributed by atoms with Gasteiger partial charge >= 0.3 is 5.97 Å². The van der Waals surface area contributed by atoms with E-state index in [1.165, 1.54) is 0 Å². The van der Waals surface area contributed by atoms with Crippen molar-refractivity contribution in [3.05, 3.63) is 34.6 Å². The summed E-state index contributed by atoms with van der Waals surface area (Å²) in [6.45, 7) is 9.55. The highest BCUT2D eigenvalue weighted by atomic mass is 19.3. The Morgan fingerprint density at radius 1 is 0.972 bits per heavy atom. The van der Waals surface area contributed by atoms with Gasteiger partial charge in [-0.15, -0.1) is 0 Å². The van der Waals surface area contributed by atoms with Crippen molar-refractivity contribution in [1.82, 2.24) is 0 Å². The van der Waals surface area contributed by atoms with E-state index in [1.807, 2.05) is 34.6 Å². The number of alkyl halides is 2. The number of ether oxygens (including phenoxy) is 2. The van der Waals surface area contributed by atoms with Gasteiger partial charge in [0.15, 0.2) is 12.4 Å². The summed E-state index contributed by atoms with van der Waals surface area (Å²) in [6.07, 6.45) is 7.62. The smallest absolute Gasteiger partial charge is 0.316 e. The van der Waals surface area contributed by atoms with E-state index in [-0.39, 0.29) is 17.7 Å². The minimum absolute atomic E-state index is 0.00191. The van der Waals surface area contributed by atoms with Crippen LogP contribution in [0.3, 0.4) is 0 Å². The number of hydrogen-bond acceptors (Lipinski definition) is 4. The molecule has 0 heterocycles. The van der Waals surface area contributed by atoms with Gasteiger partial charge in [-0.1, -0.05) is 33.1 Å². The molecule has 4 nitrogen and oxygen atoms in total. The average molecular weight is 505 g/mol. The van der Waals surface area contributed by atoms with Gasteiger partial charge in [-0.25, -0.2) is 8.78 Å². The highest BCUT2D eigenvalue weighted by Crippen LogP contribution is 2.45. The van der Waals surface area contributed by atoms with Crippen molar-refractivity contribution in [3.8, 4) is 5.75 Å². The first-order valence-electron chi connectivity index (χ1n) is 13.5. The van der Waals surface area contributed by atoms with Crippen LogP contribution < -0.4 is 4.74 Å². The van der Waals surface area contributed by atoms with Crippen molar-refractivity contribution in [2.24, 2.45) is 17.3 Å². The number of halogens is 2. The molecule has 2 aliphatic rings. The van der Waals surface area contributed by atoms with Gasteiger partial charge in [0.1, 0.15) is 11.5 Å². The third-order valence-corrected chi connectivity index (χ3v) is 7.36. The lowest BCUT2D eigenvalue weighted by Crippen LogP contribution is -2.27. The number of ketones is 1. The minimum Gasteiger partial charge on any atom is -0.487 e. The summed E-state index contributed by atoms with van der Waals surface area (Å²) < 4.78 is 38.6. The molecule has 0 aromatic heterocycles. The van der Waals surface area contributed by atoms with Crippen molar-refractivity contribution in [3.63, 3.8) is 0 Å². The maximum Gasteiger partial charge on any atom is 0.316 e. The molecule has 200 valence electrons. The van der Waals surface area contributed by atoms with Gasteiger partial charge < -0.3 is 9.47 Å². The van der Waals surface area contributed by atoms with E-state index in [9.17, 15) is 18.4 Å². The van der Waals surface area contributed by atoms with Gasteiger partial charge in [0.2, 0.25) is 0 Å². The molecule has 0 amide bonds. The zero-order chi connectivity index (χ0) is 26.7. The number of carbonyl (C=O) groups excluding carboxylic acids is 2. The van der Waals surface area contributed by atoms with Crippen molar-refractivity contribution in [2.45, 2.75) is 105 Å². The Morgan fingerprint density at radius 3 is 2.14 bits per heavy atom. The fourth-order valence-electron chi connectivity index (χ4n) is 5.39. The predicted octanol–water partition coefficient (Wildman–Crippen LogP) is 7.71. The molecule has 36 heavy (non-hydrogen) atoms. The number of carbonyl (C=O) groups is 2. The Hall–Kier alpha value is -2.24. The third-order valence-electron chi connectivity index (χ3n) is 7.36. The van der Waals surface area contributed by atoms with E-state index in [2.05, 4.69) is 0 Å². The molecule has 2 unspecified atom stereocenters. The van der Waals surface area contributed by atoms with E-state index in [1.54, 1.807) is 12.1 Å². The number of Topliss-reactive ketones (excluding diaryl/α,β-unsaturated/α-hetero) is 1. The molecule has 1 fully saturated rings.